The zero-order valence-electron chi connectivity index (χ0n) is 15.8. The maximum atomic E-state index is 13.1. The number of benzene rings is 1. The van der Waals surface area contributed by atoms with Crippen molar-refractivity contribution in [2.75, 3.05) is 13.1 Å². The van der Waals surface area contributed by atoms with Crippen LogP contribution in [-0.4, -0.2) is 38.7 Å². The number of thiophene rings is 1. The van der Waals surface area contributed by atoms with Gasteiger partial charge in [0.25, 0.3) is 5.91 Å². The minimum atomic E-state index is 0.172. The number of hydrogen-bond acceptors (Lipinski definition) is 4. The van der Waals surface area contributed by atoms with Crippen molar-refractivity contribution in [2.45, 2.75) is 31.6 Å². The second-order valence-corrected chi connectivity index (χ2v) is 9.07. The maximum absolute atomic E-state index is 13.1. The van der Waals surface area contributed by atoms with Gasteiger partial charge >= 0.3 is 0 Å². The minimum Gasteiger partial charge on any atom is -0.338 e. The van der Waals surface area contributed by atoms with E-state index in [1.165, 1.54) is 21.6 Å². The van der Waals surface area contributed by atoms with Crippen LogP contribution in [0.2, 0.25) is 0 Å². The van der Waals surface area contributed by atoms with Gasteiger partial charge in [-0.25, -0.2) is 0 Å². The number of rotatable bonds is 2. The van der Waals surface area contributed by atoms with Crippen molar-refractivity contribution in [3.05, 3.63) is 56.9 Å². The van der Waals surface area contributed by atoms with Crippen LogP contribution in [0.4, 0.5) is 0 Å². The van der Waals surface area contributed by atoms with Crippen molar-refractivity contribution >= 4 is 29.5 Å². The number of carbonyl (C=O) groups is 1. The molecule has 144 valence electrons. The molecule has 5 nitrogen and oxygen atoms in total. The third kappa shape index (κ3) is 2.93. The summed E-state index contributed by atoms with van der Waals surface area (Å²) in [6.45, 7) is 1.53. The number of likely N-dealkylation sites (tertiary alicyclic amines) is 1. The second kappa shape index (κ2) is 6.97. The molecule has 0 radical (unpaired) electrons. The third-order valence-electron chi connectivity index (χ3n) is 6.01. The summed E-state index contributed by atoms with van der Waals surface area (Å²) in [5, 5.41) is 7.24. The first kappa shape index (κ1) is 17.8. The van der Waals surface area contributed by atoms with Crippen molar-refractivity contribution in [3.8, 4) is 10.4 Å². The molecule has 0 saturated carbocycles. The van der Waals surface area contributed by atoms with Gasteiger partial charge in [0.1, 0.15) is 5.82 Å². The van der Waals surface area contributed by atoms with Crippen LogP contribution in [0.1, 0.15) is 45.4 Å². The number of fused-ring (bicyclic) bond motifs is 3. The first-order valence-corrected chi connectivity index (χ1v) is 11.0. The summed E-state index contributed by atoms with van der Waals surface area (Å²) in [6, 6.07) is 10.7. The first-order chi connectivity index (χ1) is 13.6. The van der Waals surface area contributed by atoms with Gasteiger partial charge in [-0.2, -0.15) is 5.10 Å². The van der Waals surface area contributed by atoms with Crippen LogP contribution in [0.25, 0.3) is 10.4 Å². The smallest absolute Gasteiger partial charge is 0.263 e. The van der Waals surface area contributed by atoms with Gasteiger partial charge in [-0.1, -0.05) is 24.3 Å². The fraction of sp³-hybridized carbons (Fsp3) is 0.381. The summed E-state index contributed by atoms with van der Waals surface area (Å²) in [7, 11) is 1.95. The molecule has 2 aromatic heterocycles. The van der Waals surface area contributed by atoms with Gasteiger partial charge in [0.05, 0.1) is 4.88 Å². The van der Waals surface area contributed by atoms with Gasteiger partial charge in [-0.15, -0.1) is 11.3 Å². The number of carbonyl (C=O) groups excluding carboxylic acids is 1. The molecule has 28 heavy (non-hydrogen) atoms. The number of nitrogens with zero attached hydrogens (tertiary/aromatic N) is 3. The van der Waals surface area contributed by atoms with E-state index in [0.717, 1.165) is 49.5 Å². The molecule has 1 fully saturated rings. The highest BCUT2D eigenvalue weighted by atomic mass is 32.1. The van der Waals surface area contributed by atoms with Crippen molar-refractivity contribution in [1.29, 1.82) is 0 Å². The average molecular weight is 411 g/mol. The standard InChI is InChI=1S/C21H22N4OS2/c1-24-19(22-23-21(24)27)14-8-10-25(11-9-14)20(26)17-12-15-7-6-13-4-2-3-5-16(13)18(15)28-17/h2-5,12,14H,6-11H2,1H3,(H,23,27). The Morgan fingerprint density at radius 1 is 1.21 bits per heavy atom. The Morgan fingerprint density at radius 2 is 1.96 bits per heavy atom. The fourth-order valence-corrected chi connectivity index (χ4v) is 5.78. The Kier molecular flexibility index (Phi) is 4.44. The van der Waals surface area contributed by atoms with Crippen molar-refractivity contribution in [3.63, 3.8) is 0 Å². The van der Waals surface area contributed by atoms with E-state index in [4.69, 9.17) is 12.2 Å². The highest BCUT2D eigenvalue weighted by molar-refractivity contribution is 7.71. The number of aryl methyl sites for hydroxylation is 2. The number of H-pyrrole nitrogens is 1. The molecule has 0 atom stereocenters. The molecule has 1 aliphatic heterocycles. The Hall–Kier alpha value is -2.25. The molecule has 5 rings (SSSR count). The molecule has 3 heterocycles. The molecule has 1 saturated heterocycles. The summed E-state index contributed by atoms with van der Waals surface area (Å²) in [5.41, 5.74) is 4.02. The van der Waals surface area contributed by atoms with Crippen LogP contribution in [0.5, 0.6) is 0 Å². The minimum absolute atomic E-state index is 0.172. The molecular formula is C21H22N4OS2. The number of aromatic nitrogens is 3. The summed E-state index contributed by atoms with van der Waals surface area (Å²) in [6.07, 6.45) is 3.93. The van der Waals surface area contributed by atoms with E-state index < -0.39 is 0 Å². The molecule has 1 aliphatic carbocycles. The lowest BCUT2D eigenvalue weighted by molar-refractivity contribution is 0.0715. The lowest BCUT2D eigenvalue weighted by atomic mass is 9.91. The lowest BCUT2D eigenvalue weighted by Crippen LogP contribution is -2.38. The van der Waals surface area contributed by atoms with Crippen LogP contribution in [-0.2, 0) is 19.9 Å². The summed E-state index contributed by atoms with van der Waals surface area (Å²) in [5.74, 6) is 1.52. The normalized spacial score (nSPS) is 16.7. The molecule has 0 bridgehead atoms. The monoisotopic (exact) mass is 410 g/mol. The zero-order chi connectivity index (χ0) is 19.3. The number of piperidine rings is 1. The van der Waals surface area contributed by atoms with E-state index in [2.05, 4.69) is 40.5 Å². The first-order valence-electron chi connectivity index (χ1n) is 9.73. The van der Waals surface area contributed by atoms with E-state index in [0.29, 0.717) is 10.7 Å². The van der Waals surface area contributed by atoms with Gasteiger partial charge < -0.3 is 9.47 Å². The largest absolute Gasteiger partial charge is 0.338 e. The summed E-state index contributed by atoms with van der Waals surface area (Å²) >= 11 is 6.88. The van der Waals surface area contributed by atoms with Gasteiger partial charge in [0.15, 0.2) is 4.77 Å². The maximum Gasteiger partial charge on any atom is 0.263 e. The second-order valence-electron chi connectivity index (χ2n) is 7.63. The van der Waals surface area contributed by atoms with Crippen LogP contribution in [0.15, 0.2) is 30.3 Å². The van der Waals surface area contributed by atoms with Crippen LogP contribution in [0, 0.1) is 4.77 Å². The van der Waals surface area contributed by atoms with Crippen molar-refractivity contribution in [2.24, 2.45) is 7.05 Å². The molecule has 1 amide bonds. The lowest BCUT2D eigenvalue weighted by Gasteiger charge is -2.31. The molecule has 2 aliphatic rings. The Morgan fingerprint density at radius 3 is 2.71 bits per heavy atom. The predicted octanol–water partition coefficient (Wildman–Crippen LogP) is 4.32. The van der Waals surface area contributed by atoms with Crippen LogP contribution < -0.4 is 0 Å². The zero-order valence-corrected chi connectivity index (χ0v) is 17.4. The molecule has 0 spiro atoms. The van der Waals surface area contributed by atoms with E-state index in [-0.39, 0.29) is 5.91 Å². The van der Waals surface area contributed by atoms with Gasteiger partial charge in [-0.3, -0.25) is 9.89 Å². The third-order valence-corrected chi connectivity index (χ3v) is 7.57. The summed E-state index contributed by atoms with van der Waals surface area (Å²) < 4.78 is 2.60. The molecule has 0 unspecified atom stereocenters. The Labute approximate surface area is 173 Å². The van der Waals surface area contributed by atoms with Crippen LogP contribution in [0.3, 0.4) is 0 Å². The molecule has 3 aromatic rings. The number of hydrogen-bond donors (Lipinski definition) is 1. The highest BCUT2D eigenvalue weighted by Gasteiger charge is 2.29. The SMILES string of the molecule is Cn1c(C2CCN(C(=O)c3cc4c(s3)-c3ccccc3CC4)CC2)n[nH]c1=S. The topological polar surface area (TPSA) is 53.9 Å². The molecule has 1 N–H and O–H groups in total. The van der Waals surface area contributed by atoms with Gasteiger partial charge in [-0.05, 0) is 60.7 Å². The fourth-order valence-electron chi connectivity index (χ4n) is 4.40. The molecule has 7 heteroatoms. The van der Waals surface area contributed by atoms with Crippen molar-refractivity contribution < 1.29 is 4.79 Å². The van der Waals surface area contributed by atoms with Gasteiger partial charge in [0, 0.05) is 30.9 Å². The number of nitrogens with one attached hydrogen (secondary N) is 1. The van der Waals surface area contributed by atoms with E-state index in [9.17, 15) is 4.79 Å². The number of aromatic amines is 1. The van der Waals surface area contributed by atoms with E-state index in [1.54, 1.807) is 11.3 Å². The molecule has 1 aromatic carbocycles. The Balaban J connectivity index is 1.33. The number of amides is 1. The van der Waals surface area contributed by atoms with Gasteiger partial charge in [0.2, 0.25) is 0 Å². The summed E-state index contributed by atoms with van der Waals surface area (Å²) in [4.78, 5) is 17.3. The van der Waals surface area contributed by atoms with E-state index >= 15 is 0 Å². The highest BCUT2D eigenvalue weighted by Crippen LogP contribution is 2.40. The van der Waals surface area contributed by atoms with E-state index in [1.807, 2.05) is 16.5 Å². The quantitative estimate of drug-likeness (QED) is 0.640. The van der Waals surface area contributed by atoms with Crippen LogP contribution >= 0.6 is 23.6 Å². The predicted molar refractivity (Wildman–Crippen MR) is 113 cm³/mol. The molecular weight excluding hydrogens is 388 g/mol. The average Bonchev–Trinajstić information content (AvgIpc) is 3.32. The Bertz CT molecular complexity index is 1100. The van der Waals surface area contributed by atoms with Crippen molar-refractivity contribution in [1.82, 2.24) is 19.7 Å².